The minimum absolute atomic E-state index is 0.0373. The third kappa shape index (κ3) is 1.46. The molecule has 0 spiro atoms. The molecule has 1 aliphatic carbocycles. The maximum Gasteiger partial charge on any atom is 0.223 e. The summed E-state index contributed by atoms with van der Waals surface area (Å²) < 4.78 is 5.50. The Bertz CT molecular complexity index is 229. The van der Waals surface area contributed by atoms with E-state index in [1.807, 2.05) is 0 Å². The molecule has 0 aromatic rings. The fourth-order valence-corrected chi connectivity index (χ4v) is 2.51. The molecule has 13 heavy (non-hydrogen) atoms. The first-order valence-corrected chi connectivity index (χ1v) is 4.94. The molecule has 3 rings (SSSR count). The van der Waals surface area contributed by atoms with Crippen molar-refractivity contribution < 1.29 is 9.53 Å². The van der Waals surface area contributed by atoms with Crippen molar-refractivity contribution in [1.82, 2.24) is 5.32 Å². The van der Waals surface area contributed by atoms with Crippen LogP contribution in [0.1, 0.15) is 39.0 Å². The Morgan fingerprint density at radius 3 is 2.46 bits per heavy atom. The van der Waals surface area contributed by atoms with Crippen molar-refractivity contribution in [2.24, 2.45) is 0 Å². The van der Waals surface area contributed by atoms with E-state index < -0.39 is 0 Å². The predicted octanol–water partition coefficient (Wildman–Crippen LogP) is 1.22. The summed E-state index contributed by atoms with van der Waals surface area (Å²) in [6, 6.07) is 0. The van der Waals surface area contributed by atoms with Gasteiger partial charge >= 0.3 is 0 Å². The summed E-state index contributed by atoms with van der Waals surface area (Å²) in [5.74, 6) is 0.152. The van der Waals surface area contributed by atoms with Crippen LogP contribution in [0.15, 0.2) is 0 Å². The van der Waals surface area contributed by atoms with Crippen molar-refractivity contribution in [1.29, 1.82) is 0 Å². The average Bonchev–Trinajstić information content (AvgIpc) is 2.29. The molecule has 3 aliphatic rings. The lowest BCUT2D eigenvalue weighted by Gasteiger charge is -2.39. The van der Waals surface area contributed by atoms with Crippen LogP contribution < -0.4 is 5.32 Å². The van der Waals surface area contributed by atoms with E-state index in [9.17, 15) is 4.79 Å². The Morgan fingerprint density at radius 2 is 1.92 bits per heavy atom. The van der Waals surface area contributed by atoms with Crippen LogP contribution in [0.25, 0.3) is 0 Å². The lowest BCUT2D eigenvalue weighted by atomic mass is 9.76. The molecule has 2 aliphatic heterocycles. The summed E-state index contributed by atoms with van der Waals surface area (Å²) in [5.41, 5.74) is -0.115. The topological polar surface area (TPSA) is 38.3 Å². The molecule has 1 N–H and O–H groups in total. The Kier molecular flexibility index (Phi) is 1.88. The van der Waals surface area contributed by atoms with Gasteiger partial charge in [-0.05, 0) is 32.6 Å². The molecule has 1 amide bonds. The van der Waals surface area contributed by atoms with Crippen LogP contribution in [0, 0.1) is 0 Å². The smallest absolute Gasteiger partial charge is 0.223 e. The summed E-state index contributed by atoms with van der Waals surface area (Å²) in [5, 5.41) is 3.09. The molecule has 2 saturated heterocycles. The molecule has 3 heteroatoms. The summed E-state index contributed by atoms with van der Waals surface area (Å²) in [6.07, 6.45) is 4.66. The summed E-state index contributed by atoms with van der Waals surface area (Å²) in [4.78, 5) is 11.5. The Morgan fingerprint density at radius 1 is 1.31 bits per heavy atom. The second-order valence-electron chi connectivity index (χ2n) is 4.67. The molecule has 2 heterocycles. The number of hydrogen-bond acceptors (Lipinski definition) is 2. The number of fused-ring (bicyclic) bond motifs is 4. The molecular weight excluding hydrogens is 166 g/mol. The van der Waals surface area contributed by atoms with Crippen molar-refractivity contribution in [3.05, 3.63) is 0 Å². The zero-order valence-corrected chi connectivity index (χ0v) is 8.35. The lowest BCUT2D eigenvalue weighted by Crippen LogP contribution is -2.45. The maximum atomic E-state index is 11.5. The van der Waals surface area contributed by atoms with Crippen LogP contribution in [0.4, 0.5) is 0 Å². The first kappa shape index (κ1) is 9.00. The second kappa shape index (κ2) is 2.71. The fourth-order valence-electron chi connectivity index (χ4n) is 2.51. The van der Waals surface area contributed by atoms with Gasteiger partial charge in [-0.1, -0.05) is 0 Å². The first-order valence-electron chi connectivity index (χ1n) is 4.94. The SMILES string of the molecule is COC12CCC(C)(CC1)NC(=O)C2. The van der Waals surface area contributed by atoms with Gasteiger partial charge in [-0.25, -0.2) is 0 Å². The van der Waals surface area contributed by atoms with E-state index in [0.717, 1.165) is 25.7 Å². The number of amides is 1. The van der Waals surface area contributed by atoms with Crippen LogP contribution in [-0.4, -0.2) is 24.2 Å². The zero-order chi connectivity index (χ0) is 9.53. The summed E-state index contributed by atoms with van der Waals surface area (Å²) >= 11 is 0. The summed E-state index contributed by atoms with van der Waals surface area (Å²) in [7, 11) is 1.72. The van der Waals surface area contributed by atoms with Crippen LogP contribution in [0.2, 0.25) is 0 Å². The molecule has 0 aromatic carbocycles. The van der Waals surface area contributed by atoms with Gasteiger partial charge in [-0.3, -0.25) is 4.79 Å². The van der Waals surface area contributed by atoms with Gasteiger partial charge < -0.3 is 10.1 Å². The number of methoxy groups -OCH3 is 1. The number of nitrogens with one attached hydrogen (secondary N) is 1. The van der Waals surface area contributed by atoms with E-state index in [1.54, 1.807) is 7.11 Å². The van der Waals surface area contributed by atoms with Crippen molar-refractivity contribution in [3.63, 3.8) is 0 Å². The molecule has 0 unspecified atom stereocenters. The van der Waals surface area contributed by atoms with Crippen LogP contribution >= 0.6 is 0 Å². The quantitative estimate of drug-likeness (QED) is 0.664. The Balaban J connectivity index is 2.25. The molecule has 0 atom stereocenters. The summed E-state index contributed by atoms with van der Waals surface area (Å²) in [6.45, 7) is 2.13. The highest BCUT2D eigenvalue weighted by molar-refractivity contribution is 5.78. The van der Waals surface area contributed by atoms with Crippen LogP contribution in [-0.2, 0) is 9.53 Å². The zero-order valence-electron chi connectivity index (χ0n) is 8.35. The highest BCUT2D eigenvalue weighted by Crippen LogP contribution is 2.41. The largest absolute Gasteiger partial charge is 0.378 e. The van der Waals surface area contributed by atoms with Gasteiger partial charge in [0.05, 0.1) is 12.0 Å². The van der Waals surface area contributed by atoms with E-state index >= 15 is 0 Å². The van der Waals surface area contributed by atoms with Gasteiger partial charge in [-0.2, -0.15) is 0 Å². The van der Waals surface area contributed by atoms with E-state index in [1.165, 1.54) is 0 Å². The van der Waals surface area contributed by atoms with E-state index in [0.29, 0.717) is 6.42 Å². The molecular formula is C10H17NO2. The minimum atomic E-state index is -0.153. The second-order valence-corrected chi connectivity index (χ2v) is 4.67. The van der Waals surface area contributed by atoms with E-state index in [2.05, 4.69) is 12.2 Å². The molecule has 0 radical (unpaired) electrons. The highest BCUT2D eigenvalue weighted by atomic mass is 16.5. The third-order valence-corrected chi connectivity index (χ3v) is 3.62. The molecule has 74 valence electrons. The van der Waals surface area contributed by atoms with Gasteiger partial charge in [0.25, 0.3) is 0 Å². The Hall–Kier alpha value is -0.570. The Labute approximate surface area is 78.8 Å². The molecule has 0 aromatic heterocycles. The predicted molar refractivity (Wildman–Crippen MR) is 49.4 cm³/mol. The number of rotatable bonds is 1. The maximum absolute atomic E-state index is 11.5. The molecule has 3 nitrogen and oxygen atoms in total. The lowest BCUT2D eigenvalue weighted by molar-refractivity contribution is -0.126. The molecule has 3 fully saturated rings. The normalized spacial score (nSPS) is 44.3. The first-order chi connectivity index (χ1) is 6.08. The number of hydrogen-bond donors (Lipinski definition) is 1. The minimum Gasteiger partial charge on any atom is -0.378 e. The van der Waals surface area contributed by atoms with Crippen molar-refractivity contribution in [3.8, 4) is 0 Å². The van der Waals surface area contributed by atoms with Gasteiger partial charge in [-0.15, -0.1) is 0 Å². The average molecular weight is 183 g/mol. The molecule has 1 saturated carbocycles. The monoisotopic (exact) mass is 183 g/mol. The molecule has 2 bridgehead atoms. The highest BCUT2D eigenvalue weighted by Gasteiger charge is 2.46. The number of carbonyl (C=O) groups excluding carboxylic acids is 1. The van der Waals surface area contributed by atoms with Gasteiger partial charge in [0.2, 0.25) is 5.91 Å². The van der Waals surface area contributed by atoms with Gasteiger partial charge in [0.15, 0.2) is 0 Å². The van der Waals surface area contributed by atoms with E-state index in [-0.39, 0.29) is 17.0 Å². The number of carbonyl (C=O) groups is 1. The van der Waals surface area contributed by atoms with Crippen LogP contribution in [0.3, 0.4) is 0 Å². The number of ether oxygens (including phenoxy) is 1. The standard InChI is InChI=1S/C10H17NO2/c1-9-3-5-10(13-2,6-4-9)7-8(12)11-9/h3-7H2,1-2H3,(H,11,12). The van der Waals surface area contributed by atoms with Gasteiger partial charge in [0, 0.05) is 12.6 Å². The van der Waals surface area contributed by atoms with Gasteiger partial charge in [0.1, 0.15) is 0 Å². The van der Waals surface area contributed by atoms with Crippen molar-refractivity contribution in [2.75, 3.05) is 7.11 Å². The third-order valence-electron chi connectivity index (χ3n) is 3.62. The van der Waals surface area contributed by atoms with E-state index in [4.69, 9.17) is 4.74 Å². The fraction of sp³-hybridized carbons (Fsp3) is 0.900. The van der Waals surface area contributed by atoms with Crippen molar-refractivity contribution in [2.45, 2.75) is 50.2 Å². The van der Waals surface area contributed by atoms with Crippen LogP contribution in [0.5, 0.6) is 0 Å². The van der Waals surface area contributed by atoms with Crippen molar-refractivity contribution >= 4 is 5.91 Å².